The van der Waals surface area contributed by atoms with Gasteiger partial charge in [0, 0.05) is 15.3 Å². The van der Waals surface area contributed by atoms with Crippen LogP contribution in [0.5, 0.6) is 0 Å². The molecule has 1 fully saturated rings. The highest BCUT2D eigenvalue weighted by Gasteiger charge is 2.22. The summed E-state index contributed by atoms with van der Waals surface area (Å²) >= 11 is 2.19. The standard InChI is InChI=1S/C18H19FIN/c19-15-8-11-18(17(20)12-15)21-16-9-6-14(7-10-16)13-4-2-1-3-5-13/h1-5,8,11-12,14,16,21H,6-7,9-10H2. The summed E-state index contributed by atoms with van der Waals surface area (Å²) in [5.41, 5.74) is 2.52. The summed E-state index contributed by atoms with van der Waals surface area (Å²) in [6.45, 7) is 0. The summed E-state index contributed by atoms with van der Waals surface area (Å²) in [5, 5.41) is 3.57. The molecule has 0 unspecified atom stereocenters. The molecule has 0 saturated heterocycles. The molecule has 0 radical (unpaired) electrons. The maximum absolute atomic E-state index is 13.1. The van der Waals surface area contributed by atoms with E-state index in [9.17, 15) is 4.39 Å². The van der Waals surface area contributed by atoms with E-state index in [1.807, 2.05) is 6.07 Å². The van der Waals surface area contributed by atoms with Gasteiger partial charge >= 0.3 is 0 Å². The molecule has 0 heterocycles. The fourth-order valence-corrected chi connectivity index (χ4v) is 3.76. The Balaban J connectivity index is 1.59. The second kappa shape index (κ2) is 6.77. The van der Waals surface area contributed by atoms with Crippen LogP contribution in [-0.4, -0.2) is 6.04 Å². The molecule has 0 amide bonds. The first-order chi connectivity index (χ1) is 10.2. The molecule has 0 bridgehead atoms. The highest BCUT2D eigenvalue weighted by atomic mass is 127. The van der Waals surface area contributed by atoms with Gasteiger partial charge in [0.25, 0.3) is 0 Å². The molecule has 0 atom stereocenters. The molecule has 0 aliphatic heterocycles. The predicted octanol–water partition coefficient (Wildman–Crippen LogP) is 5.57. The number of hydrogen-bond acceptors (Lipinski definition) is 1. The van der Waals surface area contributed by atoms with Crippen molar-refractivity contribution in [1.82, 2.24) is 0 Å². The molecular formula is C18H19FIN. The van der Waals surface area contributed by atoms with E-state index in [-0.39, 0.29) is 5.82 Å². The maximum atomic E-state index is 13.1. The second-order valence-corrected chi connectivity index (χ2v) is 6.89. The largest absolute Gasteiger partial charge is 0.381 e. The van der Waals surface area contributed by atoms with Gasteiger partial charge in [0.2, 0.25) is 0 Å². The average molecular weight is 395 g/mol. The van der Waals surface area contributed by atoms with Crippen molar-refractivity contribution < 1.29 is 4.39 Å². The maximum Gasteiger partial charge on any atom is 0.124 e. The zero-order chi connectivity index (χ0) is 14.7. The molecule has 1 nitrogen and oxygen atoms in total. The number of rotatable bonds is 3. The van der Waals surface area contributed by atoms with E-state index in [0.29, 0.717) is 12.0 Å². The lowest BCUT2D eigenvalue weighted by molar-refractivity contribution is 0.412. The van der Waals surface area contributed by atoms with Crippen molar-refractivity contribution in [3.05, 3.63) is 63.5 Å². The molecule has 0 aromatic heterocycles. The molecule has 1 saturated carbocycles. The molecule has 21 heavy (non-hydrogen) atoms. The lowest BCUT2D eigenvalue weighted by Gasteiger charge is -2.30. The normalized spacial score (nSPS) is 22.0. The third kappa shape index (κ3) is 3.76. The van der Waals surface area contributed by atoms with Gasteiger partial charge in [-0.05, 0) is 78.0 Å². The number of nitrogens with one attached hydrogen (secondary N) is 1. The molecule has 1 N–H and O–H groups in total. The van der Waals surface area contributed by atoms with Crippen LogP contribution in [0.4, 0.5) is 10.1 Å². The van der Waals surface area contributed by atoms with Crippen LogP contribution in [0.25, 0.3) is 0 Å². The highest BCUT2D eigenvalue weighted by molar-refractivity contribution is 14.1. The van der Waals surface area contributed by atoms with Crippen LogP contribution in [-0.2, 0) is 0 Å². The molecule has 110 valence electrons. The minimum Gasteiger partial charge on any atom is -0.381 e. The van der Waals surface area contributed by atoms with Gasteiger partial charge in [-0.1, -0.05) is 30.3 Å². The zero-order valence-electron chi connectivity index (χ0n) is 11.9. The molecule has 1 aliphatic rings. The topological polar surface area (TPSA) is 12.0 Å². The first-order valence-electron chi connectivity index (χ1n) is 7.49. The predicted molar refractivity (Wildman–Crippen MR) is 94.2 cm³/mol. The van der Waals surface area contributed by atoms with Crippen molar-refractivity contribution in [2.24, 2.45) is 0 Å². The quantitative estimate of drug-likeness (QED) is 0.671. The lowest BCUT2D eigenvalue weighted by atomic mass is 9.82. The molecule has 0 spiro atoms. The van der Waals surface area contributed by atoms with Crippen LogP contribution in [0, 0.1) is 9.39 Å². The summed E-state index contributed by atoms with van der Waals surface area (Å²) in [4.78, 5) is 0. The van der Waals surface area contributed by atoms with Crippen LogP contribution in [0.15, 0.2) is 48.5 Å². The Morgan fingerprint density at radius 1 is 0.952 bits per heavy atom. The third-order valence-corrected chi connectivity index (χ3v) is 5.18. The first kappa shape index (κ1) is 14.8. The van der Waals surface area contributed by atoms with Crippen molar-refractivity contribution in [1.29, 1.82) is 0 Å². The number of hydrogen-bond donors (Lipinski definition) is 1. The van der Waals surface area contributed by atoms with Gasteiger partial charge in [0.15, 0.2) is 0 Å². The third-order valence-electron chi connectivity index (χ3n) is 4.29. The number of benzene rings is 2. The Labute approximate surface area is 139 Å². The van der Waals surface area contributed by atoms with E-state index < -0.39 is 0 Å². The summed E-state index contributed by atoms with van der Waals surface area (Å²) in [6.07, 6.45) is 4.79. The highest BCUT2D eigenvalue weighted by Crippen LogP contribution is 2.34. The molecule has 1 aliphatic carbocycles. The van der Waals surface area contributed by atoms with E-state index in [0.717, 1.165) is 9.26 Å². The molecule has 2 aromatic carbocycles. The van der Waals surface area contributed by atoms with Gasteiger partial charge in [0.1, 0.15) is 5.82 Å². The SMILES string of the molecule is Fc1ccc(NC2CCC(c3ccccc3)CC2)c(I)c1. The molecule has 2 aromatic rings. The van der Waals surface area contributed by atoms with Gasteiger partial charge in [-0.2, -0.15) is 0 Å². The zero-order valence-corrected chi connectivity index (χ0v) is 14.0. The number of halogens is 2. The Morgan fingerprint density at radius 3 is 2.33 bits per heavy atom. The molecule has 3 rings (SSSR count). The molecular weight excluding hydrogens is 376 g/mol. The van der Waals surface area contributed by atoms with E-state index in [1.165, 1.54) is 37.3 Å². The summed E-state index contributed by atoms with van der Waals surface area (Å²) in [6, 6.07) is 16.3. The van der Waals surface area contributed by atoms with Crippen LogP contribution in [0.1, 0.15) is 37.2 Å². The Morgan fingerprint density at radius 2 is 1.67 bits per heavy atom. The van der Waals surface area contributed by atoms with E-state index >= 15 is 0 Å². The van der Waals surface area contributed by atoms with E-state index in [2.05, 4.69) is 58.2 Å². The minimum absolute atomic E-state index is 0.169. The Kier molecular flexibility index (Phi) is 4.78. The fourth-order valence-electron chi connectivity index (χ4n) is 3.12. The minimum atomic E-state index is -0.169. The number of anilines is 1. The van der Waals surface area contributed by atoms with Crippen molar-refractivity contribution >= 4 is 28.3 Å². The van der Waals surface area contributed by atoms with Crippen molar-refractivity contribution in [2.75, 3.05) is 5.32 Å². The van der Waals surface area contributed by atoms with E-state index in [4.69, 9.17) is 0 Å². The lowest BCUT2D eigenvalue weighted by Crippen LogP contribution is -2.25. The monoisotopic (exact) mass is 395 g/mol. The van der Waals surface area contributed by atoms with Crippen molar-refractivity contribution in [3.63, 3.8) is 0 Å². The fraction of sp³-hybridized carbons (Fsp3) is 0.333. The average Bonchev–Trinajstić information content (AvgIpc) is 2.52. The van der Waals surface area contributed by atoms with E-state index in [1.54, 1.807) is 6.07 Å². The first-order valence-corrected chi connectivity index (χ1v) is 8.57. The Hall–Kier alpha value is -1.10. The van der Waals surface area contributed by atoms with Crippen LogP contribution >= 0.6 is 22.6 Å². The van der Waals surface area contributed by atoms with Crippen LogP contribution < -0.4 is 5.32 Å². The van der Waals surface area contributed by atoms with Gasteiger partial charge in [-0.3, -0.25) is 0 Å². The van der Waals surface area contributed by atoms with Crippen molar-refractivity contribution in [3.8, 4) is 0 Å². The van der Waals surface area contributed by atoms with Gasteiger partial charge in [-0.25, -0.2) is 4.39 Å². The van der Waals surface area contributed by atoms with Gasteiger partial charge in [0.05, 0.1) is 0 Å². The second-order valence-electron chi connectivity index (χ2n) is 5.73. The van der Waals surface area contributed by atoms with Crippen molar-refractivity contribution in [2.45, 2.75) is 37.6 Å². The van der Waals surface area contributed by atoms with Gasteiger partial charge < -0.3 is 5.32 Å². The Bertz CT molecular complexity index is 591. The smallest absolute Gasteiger partial charge is 0.124 e. The summed E-state index contributed by atoms with van der Waals surface area (Å²) in [5.74, 6) is 0.522. The van der Waals surface area contributed by atoms with Gasteiger partial charge in [-0.15, -0.1) is 0 Å². The summed E-state index contributed by atoms with van der Waals surface area (Å²) < 4.78 is 14.1. The van der Waals surface area contributed by atoms with Crippen LogP contribution in [0.3, 0.4) is 0 Å². The molecule has 3 heteroatoms. The summed E-state index contributed by atoms with van der Waals surface area (Å²) in [7, 11) is 0. The van der Waals surface area contributed by atoms with Crippen LogP contribution in [0.2, 0.25) is 0 Å².